The predicted octanol–water partition coefficient (Wildman–Crippen LogP) is 2.14. The number of amides is 1. The Morgan fingerprint density at radius 1 is 1.23 bits per heavy atom. The summed E-state index contributed by atoms with van der Waals surface area (Å²) in [6.45, 7) is 5.27. The van der Waals surface area contributed by atoms with Gasteiger partial charge in [0.1, 0.15) is 5.56 Å². The van der Waals surface area contributed by atoms with E-state index in [4.69, 9.17) is 0 Å². The average molecular weight is 358 g/mol. The fourth-order valence-electron chi connectivity index (χ4n) is 2.48. The number of aliphatic imine (C=N–C) groups is 1. The van der Waals surface area contributed by atoms with E-state index in [1.165, 1.54) is 6.92 Å². The van der Waals surface area contributed by atoms with Crippen molar-refractivity contribution in [2.75, 3.05) is 5.32 Å². The van der Waals surface area contributed by atoms with Crippen LogP contribution in [-0.2, 0) is 11.3 Å². The zero-order valence-electron chi connectivity index (χ0n) is 15.0. The van der Waals surface area contributed by atoms with E-state index >= 15 is 0 Å². The van der Waals surface area contributed by atoms with Gasteiger partial charge in [-0.3, -0.25) is 24.1 Å². The molecule has 8 nitrogen and oxygen atoms in total. The van der Waals surface area contributed by atoms with Crippen molar-refractivity contribution in [2.24, 2.45) is 4.99 Å². The summed E-state index contributed by atoms with van der Waals surface area (Å²) in [7, 11) is 0. The normalized spacial score (nSPS) is 11.4. The highest BCUT2D eigenvalue weighted by Gasteiger charge is 2.16. The number of rotatable bonds is 6. The largest absolute Gasteiger partial charge is 0.494 e. The van der Waals surface area contributed by atoms with Crippen LogP contribution < -0.4 is 16.6 Å². The monoisotopic (exact) mass is 358 g/mol. The molecule has 0 saturated heterocycles. The summed E-state index contributed by atoms with van der Waals surface area (Å²) in [5.41, 5.74) is 0.0889. The fourth-order valence-corrected chi connectivity index (χ4v) is 2.48. The molecule has 1 aromatic heterocycles. The molecule has 1 amide bonds. The number of benzene rings is 1. The van der Waals surface area contributed by atoms with Gasteiger partial charge in [0.2, 0.25) is 11.8 Å². The van der Waals surface area contributed by atoms with Gasteiger partial charge < -0.3 is 10.4 Å². The maximum absolute atomic E-state index is 12.1. The van der Waals surface area contributed by atoms with Crippen molar-refractivity contribution < 1.29 is 9.90 Å². The van der Waals surface area contributed by atoms with Crippen LogP contribution in [0.3, 0.4) is 0 Å². The summed E-state index contributed by atoms with van der Waals surface area (Å²) < 4.78 is 1.14. The first-order chi connectivity index (χ1) is 12.3. The molecule has 0 aliphatic rings. The summed E-state index contributed by atoms with van der Waals surface area (Å²) in [6.07, 6.45) is 1.54. The zero-order valence-corrected chi connectivity index (χ0v) is 15.0. The molecule has 0 atom stereocenters. The Kier molecular flexibility index (Phi) is 6.11. The summed E-state index contributed by atoms with van der Waals surface area (Å²) in [5, 5.41) is 13.0. The van der Waals surface area contributed by atoms with Gasteiger partial charge in [0.25, 0.3) is 5.56 Å². The highest BCUT2D eigenvalue weighted by atomic mass is 16.3. The molecule has 26 heavy (non-hydrogen) atoms. The minimum absolute atomic E-state index is 0.0355. The molecule has 1 aromatic carbocycles. The molecule has 2 aromatic rings. The average Bonchev–Trinajstić information content (AvgIpc) is 2.55. The minimum atomic E-state index is -0.684. The SMILES string of the molecule is CCCCn1c(O)c(C(C)=Nc2ccc(NC(C)=O)cc2)c(=O)[nH]c1=O. The van der Waals surface area contributed by atoms with E-state index < -0.39 is 11.2 Å². The second-order valence-electron chi connectivity index (χ2n) is 5.89. The van der Waals surface area contributed by atoms with Gasteiger partial charge in [0.15, 0.2) is 0 Å². The third kappa shape index (κ3) is 4.47. The maximum Gasteiger partial charge on any atom is 0.331 e. The number of unbranched alkanes of at least 4 members (excludes halogenated alkanes) is 1. The molecule has 0 unspecified atom stereocenters. The van der Waals surface area contributed by atoms with Crippen molar-refractivity contribution in [3.63, 3.8) is 0 Å². The van der Waals surface area contributed by atoms with Crippen molar-refractivity contribution in [1.82, 2.24) is 9.55 Å². The Morgan fingerprint density at radius 3 is 2.46 bits per heavy atom. The number of H-pyrrole nitrogens is 1. The number of hydrogen-bond donors (Lipinski definition) is 3. The van der Waals surface area contributed by atoms with Crippen LogP contribution in [0.2, 0.25) is 0 Å². The topological polar surface area (TPSA) is 117 Å². The molecule has 0 radical (unpaired) electrons. The first-order valence-corrected chi connectivity index (χ1v) is 8.33. The van der Waals surface area contributed by atoms with E-state index in [0.717, 1.165) is 11.0 Å². The predicted molar refractivity (Wildman–Crippen MR) is 101 cm³/mol. The van der Waals surface area contributed by atoms with Gasteiger partial charge in [0, 0.05) is 19.2 Å². The highest BCUT2D eigenvalue weighted by molar-refractivity contribution is 6.01. The molecule has 0 saturated carbocycles. The van der Waals surface area contributed by atoms with Crippen molar-refractivity contribution in [3.8, 4) is 5.88 Å². The second kappa shape index (κ2) is 8.28. The molecule has 3 N–H and O–H groups in total. The van der Waals surface area contributed by atoms with Gasteiger partial charge in [-0.15, -0.1) is 0 Å². The van der Waals surface area contributed by atoms with Crippen molar-refractivity contribution in [2.45, 2.75) is 40.2 Å². The lowest BCUT2D eigenvalue weighted by Crippen LogP contribution is -2.33. The summed E-state index contributed by atoms with van der Waals surface area (Å²) >= 11 is 0. The number of carbonyl (C=O) groups excluding carboxylic acids is 1. The Hall–Kier alpha value is -3.16. The Morgan fingerprint density at radius 2 is 1.88 bits per heavy atom. The Balaban J connectivity index is 2.40. The van der Waals surface area contributed by atoms with E-state index in [-0.39, 0.29) is 23.1 Å². The van der Waals surface area contributed by atoms with Gasteiger partial charge in [-0.25, -0.2) is 4.79 Å². The molecule has 0 aliphatic carbocycles. The fraction of sp³-hybridized carbons (Fsp3) is 0.333. The second-order valence-corrected chi connectivity index (χ2v) is 5.89. The van der Waals surface area contributed by atoms with Crippen LogP contribution in [0, 0.1) is 0 Å². The van der Waals surface area contributed by atoms with Gasteiger partial charge in [0.05, 0.1) is 11.4 Å². The Labute approximate surface area is 150 Å². The van der Waals surface area contributed by atoms with Crippen molar-refractivity contribution >= 4 is 23.0 Å². The molecular formula is C18H22N4O4. The number of hydrogen-bond acceptors (Lipinski definition) is 5. The van der Waals surface area contributed by atoms with Crippen LogP contribution in [0.1, 0.15) is 39.2 Å². The number of nitrogens with zero attached hydrogens (tertiary/aromatic N) is 2. The van der Waals surface area contributed by atoms with Gasteiger partial charge in [-0.05, 0) is 37.6 Å². The summed E-state index contributed by atoms with van der Waals surface area (Å²) in [6, 6.07) is 6.71. The molecule has 8 heteroatoms. The zero-order chi connectivity index (χ0) is 19.3. The molecule has 0 aliphatic heterocycles. The number of aromatic amines is 1. The van der Waals surface area contributed by atoms with Gasteiger partial charge >= 0.3 is 5.69 Å². The summed E-state index contributed by atoms with van der Waals surface area (Å²) in [5.74, 6) is -0.563. The molecule has 0 spiro atoms. The van der Waals surface area contributed by atoms with Crippen molar-refractivity contribution in [3.05, 3.63) is 50.7 Å². The smallest absolute Gasteiger partial charge is 0.331 e. The quantitative estimate of drug-likeness (QED) is 0.686. The van der Waals surface area contributed by atoms with E-state index in [1.807, 2.05) is 6.92 Å². The number of aromatic nitrogens is 2. The van der Waals surface area contributed by atoms with Crippen molar-refractivity contribution in [1.29, 1.82) is 0 Å². The lowest BCUT2D eigenvalue weighted by molar-refractivity contribution is -0.114. The maximum atomic E-state index is 12.1. The van der Waals surface area contributed by atoms with Crippen LogP contribution in [0.15, 0.2) is 38.8 Å². The standard InChI is InChI=1S/C18H22N4O4/c1-4-5-10-22-17(25)15(16(24)21-18(22)26)11(2)19-13-6-8-14(9-7-13)20-12(3)23/h6-9,25H,4-5,10H2,1-3H3,(H,20,23)(H,21,24,26). The number of nitrogens with one attached hydrogen (secondary N) is 2. The van der Waals surface area contributed by atoms with Gasteiger partial charge in [-0.2, -0.15) is 0 Å². The van der Waals surface area contributed by atoms with E-state index in [1.54, 1.807) is 31.2 Å². The van der Waals surface area contributed by atoms with Crippen LogP contribution in [0.4, 0.5) is 11.4 Å². The molecule has 138 valence electrons. The Bertz CT molecular complexity index is 939. The van der Waals surface area contributed by atoms with Crippen LogP contribution in [-0.4, -0.2) is 26.3 Å². The van der Waals surface area contributed by atoms with Gasteiger partial charge in [-0.1, -0.05) is 13.3 Å². The van der Waals surface area contributed by atoms with Crippen LogP contribution in [0.25, 0.3) is 0 Å². The van der Waals surface area contributed by atoms with Crippen LogP contribution >= 0.6 is 0 Å². The number of anilines is 1. The number of aromatic hydroxyl groups is 1. The minimum Gasteiger partial charge on any atom is -0.494 e. The van der Waals surface area contributed by atoms with E-state index in [2.05, 4.69) is 15.3 Å². The molecule has 0 bridgehead atoms. The lowest BCUT2D eigenvalue weighted by atomic mass is 10.2. The van der Waals surface area contributed by atoms with Crippen LogP contribution in [0.5, 0.6) is 5.88 Å². The molecule has 2 rings (SSSR count). The number of carbonyl (C=O) groups is 1. The van der Waals surface area contributed by atoms with E-state index in [0.29, 0.717) is 24.3 Å². The first kappa shape index (κ1) is 19.2. The third-order valence-electron chi connectivity index (χ3n) is 3.75. The molecular weight excluding hydrogens is 336 g/mol. The third-order valence-corrected chi connectivity index (χ3v) is 3.75. The van der Waals surface area contributed by atoms with E-state index in [9.17, 15) is 19.5 Å². The highest BCUT2D eigenvalue weighted by Crippen LogP contribution is 2.19. The lowest BCUT2D eigenvalue weighted by Gasteiger charge is -2.11. The summed E-state index contributed by atoms with van der Waals surface area (Å²) in [4.78, 5) is 41.6. The molecule has 0 fully saturated rings. The molecule has 1 heterocycles. The first-order valence-electron chi connectivity index (χ1n) is 8.33.